The maximum atomic E-state index is 14.2. The number of ether oxygens (including phenoxy) is 1. The summed E-state index contributed by atoms with van der Waals surface area (Å²) < 4.78 is 11.9. The molecule has 5 atom stereocenters. The smallest absolute Gasteiger partial charge is 0.394 e. The van der Waals surface area contributed by atoms with Gasteiger partial charge in [-0.1, -0.05) is 67.5 Å². The van der Waals surface area contributed by atoms with E-state index >= 15 is 0 Å². The lowest BCUT2D eigenvalue weighted by atomic mass is 9.90. The zero-order valence-electron chi connectivity index (χ0n) is 23.1. The lowest BCUT2D eigenvalue weighted by Crippen LogP contribution is -2.45. The van der Waals surface area contributed by atoms with Crippen LogP contribution in [0.25, 0.3) is 11.1 Å². The van der Waals surface area contributed by atoms with Crippen molar-refractivity contribution in [2.75, 3.05) is 6.54 Å². The van der Waals surface area contributed by atoms with Crippen molar-refractivity contribution in [1.82, 2.24) is 9.88 Å². The molecule has 0 radical (unpaired) electrons. The monoisotopic (exact) mass is 556 g/mol. The molecule has 0 unspecified atom stereocenters. The average molecular weight is 557 g/mol. The van der Waals surface area contributed by atoms with Crippen LogP contribution >= 0.6 is 0 Å². The molecular formula is C33H36N2O6. The van der Waals surface area contributed by atoms with Crippen LogP contribution in [0.15, 0.2) is 71.2 Å². The molecule has 2 fully saturated rings. The zero-order chi connectivity index (χ0) is 28.4. The highest BCUT2D eigenvalue weighted by atomic mass is 16.6. The highest BCUT2D eigenvalue weighted by Gasteiger charge is 2.61. The van der Waals surface area contributed by atoms with E-state index in [9.17, 15) is 19.5 Å². The van der Waals surface area contributed by atoms with Crippen LogP contribution in [-0.2, 0) is 20.8 Å². The van der Waals surface area contributed by atoms with E-state index in [1.54, 1.807) is 11.0 Å². The lowest BCUT2D eigenvalue weighted by Gasteiger charge is -2.29. The minimum atomic E-state index is -1.09. The van der Waals surface area contributed by atoms with E-state index in [0.717, 1.165) is 37.7 Å². The summed E-state index contributed by atoms with van der Waals surface area (Å²) in [5, 5.41) is 10.1. The van der Waals surface area contributed by atoms with Gasteiger partial charge in [-0.3, -0.25) is 14.4 Å². The van der Waals surface area contributed by atoms with E-state index in [2.05, 4.69) is 11.1 Å². The Morgan fingerprint density at radius 1 is 1.07 bits per heavy atom. The maximum absolute atomic E-state index is 14.2. The second-order valence-corrected chi connectivity index (χ2v) is 11.8. The van der Waals surface area contributed by atoms with Gasteiger partial charge in [-0.15, -0.1) is 0 Å². The number of carboxylic acid groups (broad SMARTS) is 1. The minimum Gasteiger partial charge on any atom is -0.481 e. The molecule has 8 nitrogen and oxygen atoms in total. The van der Waals surface area contributed by atoms with Crippen molar-refractivity contribution in [3.63, 3.8) is 0 Å². The summed E-state index contributed by atoms with van der Waals surface area (Å²) in [5.41, 5.74) is 1.26. The first kappa shape index (κ1) is 27.2. The molecule has 3 aromatic rings. The quantitative estimate of drug-likeness (QED) is 0.407. The Hall–Kier alpha value is -3.94. The third-order valence-corrected chi connectivity index (χ3v) is 8.97. The zero-order valence-corrected chi connectivity index (χ0v) is 23.1. The molecule has 2 aromatic carbocycles. The lowest BCUT2D eigenvalue weighted by molar-refractivity contribution is -0.147. The summed E-state index contributed by atoms with van der Waals surface area (Å²) in [4.78, 5) is 46.5. The van der Waals surface area contributed by atoms with Gasteiger partial charge in [0.25, 0.3) is 0 Å². The number of hydrogen-bond acceptors (Lipinski definition) is 6. The molecular weight excluding hydrogens is 520 g/mol. The third-order valence-electron chi connectivity index (χ3n) is 8.97. The highest BCUT2D eigenvalue weighted by Crippen LogP contribution is 2.57. The molecule has 3 aliphatic rings. The molecule has 0 spiro atoms. The van der Waals surface area contributed by atoms with Crippen molar-refractivity contribution in [3.05, 3.63) is 72.3 Å². The van der Waals surface area contributed by atoms with Gasteiger partial charge < -0.3 is 19.2 Å². The first-order chi connectivity index (χ1) is 19.9. The van der Waals surface area contributed by atoms with E-state index in [0.29, 0.717) is 23.9 Å². The summed E-state index contributed by atoms with van der Waals surface area (Å²) in [6.45, 7) is 0.225. The van der Waals surface area contributed by atoms with Crippen LogP contribution in [0, 0.1) is 17.3 Å². The standard InChI is InChI=1S/C33H36N2O6/c36-28-20-33(31(38)39)19-24(33)14-8-3-1-2-7-13-23(17-22-11-5-4-6-12-22)30(37)35-21-25(18-27(28)35)40-32-34-26-15-9-10-16-29(26)41-32/h4-6,8-12,14-16,23-25,27H,1-3,7,13,17-21H2,(H,38,39)/b14-8-/t23-,24+,25-,27+,33-/m1/s1. The third kappa shape index (κ3) is 5.78. The number of carbonyl (C=O) groups is 3. The molecule has 1 amide bonds. The Morgan fingerprint density at radius 2 is 1.88 bits per heavy atom. The van der Waals surface area contributed by atoms with Crippen LogP contribution < -0.4 is 4.74 Å². The number of allylic oxidation sites excluding steroid dienone is 2. The summed E-state index contributed by atoms with van der Waals surface area (Å²) in [7, 11) is 0. The van der Waals surface area contributed by atoms with Crippen LogP contribution in [0.2, 0.25) is 0 Å². The number of amides is 1. The Kier molecular flexibility index (Phi) is 7.65. The fourth-order valence-electron chi connectivity index (χ4n) is 6.55. The van der Waals surface area contributed by atoms with E-state index in [4.69, 9.17) is 9.15 Å². The molecule has 214 valence electrons. The van der Waals surface area contributed by atoms with Gasteiger partial charge in [-0.25, -0.2) is 0 Å². The van der Waals surface area contributed by atoms with Crippen molar-refractivity contribution in [2.24, 2.45) is 17.3 Å². The number of aliphatic carboxylic acids is 1. The first-order valence-corrected chi connectivity index (χ1v) is 14.7. The van der Waals surface area contributed by atoms with Crippen molar-refractivity contribution in [2.45, 2.75) is 69.9 Å². The van der Waals surface area contributed by atoms with E-state index in [1.165, 1.54) is 0 Å². The number of carbonyl (C=O) groups excluding carboxylic acids is 2. The second-order valence-electron chi connectivity index (χ2n) is 11.8. The number of benzene rings is 2. The van der Waals surface area contributed by atoms with Gasteiger partial charge in [0, 0.05) is 18.8 Å². The predicted molar refractivity (Wildman–Crippen MR) is 152 cm³/mol. The van der Waals surface area contributed by atoms with Gasteiger partial charge in [-0.05, 0) is 55.7 Å². The molecule has 1 aromatic heterocycles. The van der Waals surface area contributed by atoms with E-state index < -0.39 is 23.5 Å². The maximum Gasteiger partial charge on any atom is 0.394 e. The number of oxazole rings is 1. The predicted octanol–water partition coefficient (Wildman–Crippen LogP) is 5.61. The largest absolute Gasteiger partial charge is 0.481 e. The summed E-state index contributed by atoms with van der Waals surface area (Å²) in [5.74, 6) is -1.66. The Labute approximate surface area is 239 Å². The van der Waals surface area contributed by atoms with Crippen LogP contribution in [0.1, 0.15) is 56.9 Å². The number of Topliss-reactive ketones (excluding diaryl/α,β-unsaturated/α-hetero) is 1. The number of nitrogens with zero attached hydrogens (tertiary/aromatic N) is 2. The van der Waals surface area contributed by atoms with Crippen molar-refractivity contribution in [1.29, 1.82) is 0 Å². The molecule has 2 aliphatic heterocycles. The van der Waals surface area contributed by atoms with Gasteiger partial charge in [0.1, 0.15) is 11.6 Å². The molecule has 8 heteroatoms. The Morgan fingerprint density at radius 3 is 2.68 bits per heavy atom. The topological polar surface area (TPSA) is 110 Å². The van der Waals surface area contributed by atoms with Gasteiger partial charge in [-0.2, -0.15) is 4.98 Å². The molecule has 1 saturated heterocycles. The van der Waals surface area contributed by atoms with Gasteiger partial charge >= 0.3 is 12.0 Å². The Bertz CT molecular complexity index is 1420. The summed E-state index contributed by atoms with van der Waals surface area (Å²) in [6, 6.07) is 16.6. The SMILES string of the molecule is O=C1C[C@]2(C(=O)O)C[C@@H]2/C=C\CCCCC[C@H](Cc2ccccc2)C(=O)N2C[C@H](Oc3nc4ccccc4o3)C[C@@H]12. The summed E-state index contributed by atoms with van der Waals surface area (Å²) in [6.07, 6.45) is 9.38. The molecule has 1 N–H and O–H groups in total. The van der Waals surface area contributed by atoms with Crippen molar-refractivity contribution >= 4 is 28.8 Å². The highest BCUT2D eigenvalue weighted by molar-refractivity contribution is 5.95. The van der Waals surface area contributed by atoms with Crippen molar-refractivity contribution in [3.8, 4) is 6.08 Å². The Balaban J connectivity index is 1.28. The molecule has 41 heavy (non-hydrogen) atoms. The van der Waals surface area contributed by atoms with Crippen LogP contribution in [0.3, 0.4) is 0 Å². The van der Waals surface area contributed by atoms with E-state index in [-0.39, 0.29) is 49.0 Å². The number of carboxylic acids is 1. The van der Waals surface area contributed by atoms with Crippen molar-refractivity contribution < 1.29 is 28.6 Å². The average Bonchev–Trinajstić information content (AvgIpc) is 3.28. The number of fused-ring (bicyclic) bond motifs is 3. The number of hydrogen-bond donors (Lipinski definition) is 1. The minimum absolute atomic E-state index is 0.0689. The van der Waals surface area contributed by atoms with Crippen LogP contribution in [0.5, 0.6) is 6.08 Å². The van der Waals surface area contributed by atoms with Gasteiger partial charge in [0.05, 0.1) is 18.0 Å². The molecule has 1 saturated carbocycles. The second kappa shape index (κ2) is 11.5. The fraction of sp³-hybridized carbons (Fsp3) is 0.455. The number of aromatic nitrogens is 1. The molecule has 1 aliphatic carbocycles. The van der Waals surface area contributed by atoms with E-state index in [1.807, 2.05) is 54.6 Å². The number of para-hydroxylation sites is 2. The molecule has 6 rings (SSSR count). The fourth-order valence-corrected chi connectivity index (χ4v) is 6.55. The molecule has 3 heterocycles. The van der Waals surface area contributed by atoms with Gasteiger partial charge in [0.2, 0.25) is 5.91 Å². The normalized spacial score (nSPS) is 29.7. The number of ketones is 1. The van der Waals surface area contributed by atoms with Gasteiger partial charge in [0.15, 0.2) is 11.4 Å². The number of rotatable bonds is 5. The summed E-state index contributed by atoms with van der Waals surface area (Å²) >= 11 is 0. The van der Waals surface area contributed by atoms with Crippen LogP contribution in [0.4, 0.5) is 0 Å². The first-order valence-electron chi connectivity index (χ1n) is 14.7. The van der Waals surface area contributed by atoms with Crippen LogP contribution in [-0.4, -0.2) is 51.3 Å². The molecule has 0 bridgehead atoms.